The van der Waals surface area contributed by atoms with Crippen molar-refractivity contribution in [3.63, 3.8) is 0 Å². The summed E-state index contributed by atoms with van der Waals surface area (Å²) in [6.45, 7) is 6.09. The number of nitrogens with zero attached hydrogens (tertiary/aromatic N) is 5. The van der Waals surface area contributed by atoms with E-state index in [0.29, 0.717) is 29.9 Å². The predicted octanol–water partition coefficient (Wildman–Crippen LogP) is 2.29. The minimum atomic E-state index is 0.163. The van der Waals surface area contributed by atoms with E-state index in [1.54, 1.807) is 6.92 Å². The van der Waals surface area contributed by atoms with Gasteiger partial charge in [-0.15, -0.1) is 0 Å². The molecule has 0 aromatic carbocycles. The number of aryl methyl sites for hydroxylation is 1. The van der Waals surface area contributed by atoms with Crippen molar-refractivity contribution in [3.8, 4) is 0 Å². The Morgan fingerprint density at radius 1 is 1.00 bits per heavy atom. The Morgan fingerprint density at radius 2 is 1.67 bits per heavy atom. The summed E-state index contributed by atoms with van der Waals surface area (Å²) >= 11 is 0. The van der Waals surface area contributed by atoms with Crippen molar-refractivity contribution in [1.29, 1.82) is 0 Å². The molecule has 0 N–H and O–H groups in total. The summed E-state index contributed by atoms with van der Waals surface area (Å²) in [7, 11) is 0. The van der Waals surface area contributed by atoms with Gasteiger partial charge < -0.3 is 9.05 Å². The molecule has 1 aliphatic heterocycles. The smallest absolute Gasteiger partial charge is 0.243 e. The second-order valence-electron chi connectivity index (χ2n) is 5.58. The lowest BCUT2D eigenvalue weighted by molar-refractivity contribution is 0.179. The normalized spacial score (nSPS) is 18.6. The van der Waals surface area contributed by atoms with Crippen LogP contribution in [0.3, 0.4) is 0 Å². The zero-order chi connectivity index (χ0) is 14.7. The van der Waals surface area contributed by atoms with Gasteiger partial charge in [-0.05, 0) is 32.9 Å². The second kappa shape index (κ2) is 6.34. The molecule has 3 rings (SSSR count). The molecule has 1 aliphatic rings. The van der Waals surface area contributed by atoms with Crippen LogP contribution in [0.5, 0.6) is 0 Å². The molecule has 3 heterocycles. The van der Waals surface area contributed by atoms with E-state index in [4.69, 9.17) is 9.05 Å². The number of likely N-dealkylation sites (tertiary alicyclic amines) is 1. The van der Waals surface area contributed by atoms with Crippen molar-refractivity contribution in [2.75, 3.05) is 13.1 Å². The van der Waals surface area contributed by atoms with Gasteiger partial charge in [0, 0.05) is 6.92 Å². The summed E-state index contributed by atoms with van der Waals surface area (Å²) in [6.07, 6.45) is 5.56. The highest BCUT2D eigenvalue weighted by atomic mass is 16.5. The third-order valence-corrected chi connectivity index (χ3v) is 3.92. The van der Waals surface area contributed by atoms with Crippen LogP contribution in [-0.2, 0) is 6.42 Å². The van der Waals surface area contributed by atoms with Crippen molar-refractivity contribution in [2.45, 2.75) is 52.0 Å². The Morgan fingerprint density at radius 3 is 2.33 bits per heavy atom. The van der Waals surface area contributed by atoms with Crippen LogP contribution in [0, 0.1) is 6.92 Å². The second-order valence-corrected chi connectivity index (χ2v) is 5.58. The van der Waals surface area contributed by atoms with E-state index in [-0.39, 0.29) is 6.04 Å². The van der Waals surface area contributed by atoms with E-state index in [1.165, 1.54) is 25.7 Å². The van der Waals surface area contributed by atoms with Gasteiger partial charge in [-0.3, -0.25) is 4.90 Å². The third kappa shape index (κ3) is 3.47. The van der Waals surface area contributed by atoms with Gasteiger partial charge in [0.05, 0.1) is 12.5 Å². The molecule has 0 aliphatic carbocycles. The number of aromatic nitrogens is 4. The largest absolute Gasteiger partial charge is 0.340 e. The lowest BCUT2D eigenvalue weighted by atomic mass is 10.2. The van der Waals surface area contributed by atoms with Gasteiger partial charge in [-0.25, -0.2) is 0 Å². The first kappa shape index (κ1) is 14.2. The van der Waals surface area contributed by atoms with Gasteiger partial charge in [0.1, 0.15) is 0 Å². The standard InChI is InChI=1S/C14H21N5O2/c1-10(19-7-5-3-4-6-8-19)14-16-13(18-21-14)9-12-15-11(2)20-17-12/h10H,3-9H2,1-2H3/t10-/m1/s1. The molecule has 1 saturated heterocycles. The number of hydrogen-bond acceptors (Lipinski definition) is 7. The highest BCUT2D eigenvalue weighted by Crippen LogP contribution is 2.22. The van der Waals surface area contributed by atoms with Crippen LogP contribution in [0.2, 0.25) is 0 Å². The summed E-state index contributed by atoms with van der Waals surface area (Å²) in [4.78, 5) is 11.1. The summed E-state index contributed by atoms with van der Waals surface area (Å²) in [5, 5.41) is 7.87. The average molecular weight is 291 g/mol. The van der Waals surface area contributed by atoms with Crippen molar-refractivity contribution in [2.24, 2.45) is 0 Å². The highest BCUT2D eigenvalue weighted by Gasteiger charge is 2.22. The van der Waals surface area contributed by atoms with Gasteiger partial charge in [-0.2, -0.15) is 9.97 Å². The average Bonchev–Trinajstić information content (AvgIpc) is 3.00. The van der Waals surface area contributed by atoms with Crippen LogP contribution in [0.1, 0.15) is 62.1 Å². The first-order chi connectivity index (χ1) is 10.2. The first-order valence-corrected chi connectivity index (χ1v) is 7.58. The van der Waals surface area contributed by atoms with Crippen LogP contribution in [-0.4, -0.2) is 38.3 Å². The summed E-state index contributed by atoms with van der Waals surface area (Å²) < 4.78 is 10.4. The van der Waals surface area contributed by atoms with Crippen molar-refractivity contribution >= 4 is 0 Å². The Kier molecular flexibility index (Phi) is 4.28. The molecule has 0 amide bonds. The zero-order valence-corrected chi connectivity index (χ0v) is 12.6. The Bertz CT molecular complexity index is 571. The van der Waals surface area contributed by atoms with Crippen LogP contribution >= 0.6 is 0 Å². The molecular formula is C14H21N5O2. The van der Waals surface area contributed by atoms with Gasteiger partial charge in [0.2, 0.25) is 11.8 Å². The maximum Gasteiger partial charge on any atom is 0.243 e. The molecule has 1 fully saturated rings. The molecule has 1 atom stereocenters. The Balaban J connectivity index is 1.65. The molecule has 0 bridgehead atoms. The molecule has 2 aromatic rings. The molecule has 114 valence electrons. The van der Waals surface area contributed by atoms with Gasteiger partial charge in [-0.1, -0.05) is 23.2 Å². The van der Waals surface area contributed by atoms with E-state index in [9.17, 15) is 0 Å². The van der Waals surface area contributed by atoms with E-state index in [2.05, 4.69) is 32.1 Å². The fourth-order valence-corrected chi connectivity index (χ4v) is 2.70. The van der Waals surface area contributed by atoms with Gasteiger partial charge >= 0.3 is 0 Å². The summed E-state index contributed by atoms with van der Waals surface area (Å²) in [6, 6.07) is 0.163. The molecule has 0 radical (unpaired) electrons. The topological polar surface area (TPSA) is 81.1 Å². The molecular weight excluding hydrogens is 270 g/mol. The predicted molar refractivity (Wildman–Crippen MR) is 74.6 cm³/mol. The van der Waals surface area contributed by atoms with Crippen LogP contribution in [0.4, 0.5) is 0 Å². The SMILES string of the molecule is Cc1nc(Cc2noc([C@@H](C)N3CCCCCC3)n2)no1. The maximum absolute atomic E-state index is 5.41. The van der Waals surface area contributed by atoms with E-state index in [0.717, 1.165) is 13.1 Å². The molecule has 21 heavy (non-hydrogen) atoms. The molecule has 0 saturated carbocycles. The minimum absolute atomic E-state index is 0.163. The quantitative estimate of drug-likeness (QED) is 0.854. The van der Waals surface area contributed by atoms with Crippen molar-refractivity contribution < 1.29 is 9.05 Å². The number of rotatable bonds is 4. The molecule has 7 nitrogen and oxygen atoms in total. The molecule has 0 unspecified atom stereocenters. The van der Waals surface area contributed by atoms with Crippen LogP contribution in [0.25, 0.3) is 0 Å². The first-order valence-electron chi connectivity index (χ1n) is 7.58. The lowest BCUT2D eigenvalue weighted by Gasteiger charge is -2.24. The monoisotopic (exact) mass is 291 g/mol. The molecule has 2 aromatic heterocycles. The van der Waals surface area contributed by atoms with E-state index in [1.807, 2.05) is 0 Å². The Labute approximate surface area is 123 Å². The van der Waals surface area contributed by atoms with E-state index >= 15 is 0 Å². The molecule has 0 spiro atoms. The highest BCUT2D eigenvalue weighted by molar-refractivity contribution is 5.00. The zero-order valence-electron chi connectivity index (χ0n) is 12.6. The van der Waals surface area contributed by atoms with Gasteiger partial charge in [0.25, 0.3) is 0 Å². The molecule has 7 heteroatoms. The minimum Gasteiger partial charge on any atom is -0.340 e. The van der Waals surface area contributed by atoms with Crippen LogP contribution < -0.4 is 0 Å². The van der Waals surface area contributed by atoms with Crippen molar-refractivity contribution in [1.82, 2.24) is 25.2 Å². The van der Waals surface area contributed by atoms with Crippen LogP contribution in [0.15, 0.2) is 9.05 Å². The maximum atomic E-state index is 5.41. The summed E-state index contributed by atoms with van der Waals surface area (Å²) in [5.41, 5.74) is 0. The number of hydrogen-bond donors (Lipinski definition) is 0. The fraction of sp³-hybridized carbons (Fsp3) is 0.714. The van der Waals surface area contributed by atoms with Crippen molar-refractivity contribution in [3.05, 3.63) is 23.4 Å². The van der Waals surface area contributed by atoms with E-state index < -0.39 is 0 Å². The lowest BCUT2D eigenvalue weighted by Crippen LogP contribution is -2.28. The third-order valence-electron chi connectivity index (χ3n) is 3.92. The fourth-order valence-electron chi connectivity index (χ4n) is 2.70. The summed E-state index contributed by atoms with van der Waals surface area (Å²) in [5.74, 6) is 2.41. The van der Waals surface area contributed by atoms with Gasteiger partial charge in [0.15, 0.2) is 11.6 Å². The Hall–Kier alpha value is -1.76.